The van der Waals surface area contributed by atoms with Crippen LogP contribution in [0.1, 0.15) is 0 Å². The summed E-state index contributed by atoms with van der Waals surface area (Å²) in [6, 6.07) is 0. The highest BCUT2D eigenvalue weighted by Gasteiger charge is 2.93. The highest BCUT2D eigenvalue weighted by Crippen LogP contribution is 2.67. The molecule has 1 aliphatic rings. The van der Waals surface area contributed by atoms with Crippen LogP contribution in [-0.4, -0.2) is 39.0 Å². The molecule has 0 aromatic heterocycles. The van der Waals surface area contributed by atoms with Crippen molar-refractivity contribution in [2.75, 3.05) is 0 Å². The molecule has 1 rings (SSSR count). The second-order valence-corrected chi connectivity index (χ2v) is 6.51. The van der Waals surface area contributed by atoms with Crippen LogP contribution in [-0.2, 0) is 9.47 Å². The van der Waals surface area contributed by atoms with Crippen LogP contribution < -0.4 is 0 Å². The minimum absolute atomic E-state index is 3.24. The van der Waals surface area contributed by atoms with Crippen LogP contribution in [0.5, 0.6) is 0 Å². The molecule has 0 radical (unpaired) electrons. The lowest BCUT2D eigenvalue weighted by atomic mass is 9.99. The maximum absolute atomic E-state index is 13.4. The van der Waals surface area contributed by atoms with Crippen molar-refractivity contribution in [1.29, 1.82) is 0 Å². The molecule has 1 aliphatic heterocycles. The second-order valence-electron chi connectivity index (χ2n) is 4.00. The summed E-state index contributed by atoms with van der Waals surface area (Å²) in [7, 11) is 0. The average Bonchev–Trinajstić information content (AvgIpc) is 2.43. The SMILES string of the molecule is FC(F)(F)C(F)(F)C1(C(F)(F)C(F)(F)F)OC(Cl)(Cl)C(Cl)(Cl)O1. The molecule has 23 heavy (non-hydrogen) atoms. The summed E-state index contributed by atoms with van der Waals surface area (Å²) in [5, 5.41) is 0. The summed E-state index contributed by atoms with van der Waals surface area (Å²) in [6.07, 6.45) is -14.0. The predicted molar refractivity (Wildman–Crippen MR) is 55.8 cm³/mol. The van der Waals surface area contributed by atoms with E-state index in [1.807, 2.05) is 0 Å². The fourth-order valence-corrected chi connectivity index (χ4v) is 1.92. The van der Waals surface area contributed by atoms with E-state index in [4.69, 9.17) is 46.4 Å². The zero-order chi connectivity index (χ0) is 18.9. The molecule has 1 heterocycles. The van der Waals surface area contributed by atoms with Crippen molar-refractivity contribution in [1.82, 2.24) is 0 Å². The highest BCUT2D eigenvalue weighted by molar-refractivity contribution is 6.61. The van der Waals surface area contributed by atoms with Gasteiger partial charge in [0.15, 0.2) is 0 Å². The lowest BCUT2D eigenvalue weighted by molar-refractivity contribution is -0.477. The van der Waals surface area contributed by atoms with Gasteiger partial charge < -0.3 is 0 Å². The van der Waals surface area contributed by atoms with Gasteiger partial charge in [0.1, 0.15) is 0 Å². The van der Waals surface area contributed by atoms with E-state index < -0.39 is 39.0 Å². The van der Waals surface area contributed by atoms with Crippen LogP contribution in [0.25, 0.3) is 0 Å². The molecule has 0 bridgehead atoms. The van der Waals surface area contributed by atoms with Gasteiger partial charge in [0.25, 0.3) is 9.04 Å². The molecule has 0 aromatic carbocycles. The quantitative estimate of drug-likeness (QED) is 0.417. The molecule has 0 spiro atoms. The minimum Gasteiger partial charge on any atom is -0.298 e. The number of alkyl halides is 14. The van der Waals surface area contributed by atoms with Crippen molar-refractivity contribution < 1.29 is 53.4 Å². The highest BCUT2D eigenvalue weighted by atomic mass is 35.5. The Hall–Kier alpha value is 0.380. The lowest BCUT2D eigenvalue weighted by Crippen LogP contribution is -2.71. The van der Waals surface area contributed by atoms with E-state index in [-0.39, 0.29) is 0 Å². The predicted octanol–water partition coefficient (Wildman–Crippen LogP) is 5.39. The molecule has 0 unspecified atom stereocenters. The molecular weight excluding hydrogens is 448 g/mol. The van der Waals surface area contributed by atoms with Gasteiger partial charge in [-0.1, -0.05) is 46.4 Å². The third kappa shape index (κ3) is 2.82. The van der Waals surface area contributed by atoms with Gasteiger partial charge in [-0.3, -0.25) is 9.47 Å². The van der Waals surface area contributed by atoms with E-state index in [0.29, 0.717) is 0 Å². The monoisotopic (exact) mass is 446 g/mol. The van der Waals surface area contributed by atoms with Gasteiger partial charge in [0, 0.05) is 0 Å². The van der Waals surface area contributed by atoms with Crippen LogP contribution in [0.15, 0.2) is 0 Å². The Morgan fingerprint density at radius 2 is 0.739 bits per heavy atom. The van der Waals surface area contributed by atoms with Crippen molar-refractivity contribution in [2.24, 2.45) is 0 Å². The van der Waals surface area contributed by atoms with Crippen molar-refractivity contribution in [3.05, 3.63) is 0 Å². The Bertz CT molecular complexity index is 441. The second kappa shape index (κ2) is 5.19. The van der Waals surface area contributed by atoms with Crippen molar-refractivity contribution in [3.63, 3.8) is 0 Å². The Kier molecular flexibility index (Phi) is 4.84. The first-order chi connectivity index (χ1) is 9.66. The van der Waals surface area contributed by atoms with E-state index in [1.165, 1.54) is 0 Å². The molecule has 16 heteroatoms. The molecule has 0 amide bonds. The Morgan fingerprint density at radius 3 is 0.913 bits per heavy atom. The summed E-state index contributed by atoms with van der Waals surface area (Å²) in [6.45, 7) is 0. The van der Waals surface area contributed by atoms with E-state index in [0.717, 1.165) is 0 Å². The van der Waals surface area contributed by atoms with Crippen molar-refractivity contribution in [3.8, 4) is 0 Å². The summed E-state index contributed by atoms with van der Waals surface area (Å²) < 4.78 is 127. The van der Waals surface area contributed by atoms with Crippen LogP contribution in [0.4, 0.5) is 43.9 Å². The molecule has 0 aromatic rings. The molecule has 0 aliphatic carbocycles. The molecular formula is C7Cl4F10O2. The maximum atomic E-state index is 13.4. The number of hydrogen-bond donors (Lipinski definition) is 0. The summed E-state index contributed by atoms with van der Waals surface area (Å²) in [4.78, 5) is 0. The number of rotatable bonds is 2. The van der Waals surface area contributed by atoms with E-state index in [2.05, 4.69) is 9.47 Å². The Labute approximate surface area is 139 Å². The Balaban J connectivity index is 3.74. The van der Waals surface area contributed by atoms with Gasteiger partial charge in [-0.15, -0.1) is 0 Å². The summed E-state index contributed by atoms with van der Waals surface area (Å²) in [5.74, 6) is -20.1. The fourth-order valence-electron chi connectivity index (χ4n) is 1.33. The first-order valence-electron chi connectivity index (χ1n) is 4.71. The number of hydrogen-bond acceptors (Lipinski definition) is 2. The van der Waals surface area contributed by atoms with Gasteiger partial charge in [-0.2, -0.15) is 43.9 Å². The first kappa shape index (κ1) is 21.4. The largest absolute Gasteiger partial charge is 0.459 e. The van der Waals surface area contributed by atoms with Crippen LogP contribution in [0.2, 0.25) is 0 Å². The van der Waals surface area contributed by atoms with Crippen LogP contribution >= 0.6 is 46.4 Å². The summed E-state index contributed by atoms with van der Waals surface area (Å²) >= 11 is 19.6. The molecule has 1 fully saturated rings. The zero-order valence-corrected chi connectivity index (χ0v) is 12.6. The molecule has 1 saturated heterocycles. The van der Waals surface area contributed by atoms with Gasteiger partial charge >= 0.3 is 30.0 Å². The lowest BCUT2D eigenvalue weighted by Gasteiger charge is -2.41. The summed E-state index contributed by atoms with van der Waals surface area (Å²) in [5.41, 5.74) is 0. The topological polar surface area (TPSA) is 18.5 Å². The molecule has 0 N–H and O–H groups in total. The van der Waals surface area contributed by atoms with Gasteiger partial charge in [0.2, 0.25) is 0 Å². The smallest absolute Gasteiger partial charge is 0.298 e. The minimum atomic E-state index is -7.01. The van der Waals surface area contributed by atoms with Crippen LogP contribution in [0.3, 0.4) is 0 Å². The number of halogens is 14. The molecule has 2 nitrogen and oxygen atoms in total. The third-order valence-corrected chi connectivity index (χ3v) is 4.18. The normalized spacial score (nSPS) is 24.8. The van der Waals surface area contributed by atoms with Crippen molar-refractivity contribution in [2.45, 2.75) is 39.0 Å². The first-order valence-corrected chi connectivity index (χ1v) is 6.22. The van der Waals surface area contributed by atoms with E-state index in [1.54, 1.807) is 0 Å². The third-order valence-electron chi connectivity index (χ3n) is 2.42. The number of ether oxygens (including phenoxy) is 2. The van der Waals surface area contributed by atoms with Crippen molar-refractivity contribution >= 4 is 46.4 Å². The Morgan fingerprint density at radius 1 is 0.522 bits per heavy atom. The molecule has 138 valence electrons. The fraction of sp³-hybridized carbons (Fsp3) is 1.00. The van der Waals surface area contributed by atoms with Gasteiger partial charge in [0.05, 0.1) is 0 Å². The van der Waals surface area contributed by atoms with E-state index in [9.17, 15) is 43.9 Å². The maximum Gasteiger partial charge on any atom is 0.459 e. The average molecular weight is 448 g/mol. The van der Waals surface area contributed by atoms with Gasteiger partial charge in [-0.25, -0.2) is 0 Å². The molecule has 0 saturated carbocycles. The van der Waals surface area contributed by atoms with E-state index >= 15 is 0 Å². The van der Waals surface area contributed by atoms with Gasteiger partial charge in [-0.05, 0) is 0 Å². The molecule has 0 atom stereocenters. The standard InChI is InChI=1S/C7Cl4F10O2/c8-4(9)5(10,11)23-3(22-4,1(12,13)6(16,17)18)2(14,15)7(19,20)21. The zero-order valence-electron chi connectivity index (χ0n) is 9.61. The van der Waals surface area contributed by atoms with Crippen LogP contribution in [0, 0.1) is 0 Å².